The van der Waals surface area contributed by atoms with Crippen LogP contribution in [0.2, 0.25) is 0 Å². The minimum absolute atomic E-state index is 0.00811. The van der Waals surface area contributed by atoms with E-state index in [1.165, 1.54) is 12.5 Å². The van der Waals surface area contributed by atoms with E-state index < -0.39 is 35.2 Å². The molecule has 0 aliphatic heterocycles. The van der Waals surface area contributed by atoms with Crippen LogP contribution in [0.25, 0.3) is 22.4 Å². The second kappa shape index (κ2) is 12.7. The van der Waals surface area contributed by atoms with Gasteiger partial charge in [0.25, 0.3) is 0 Å². The number of benzene rings is 1. The van der Waals surface area contributed by atoms with Gasteiger partial charge in [0.05, 0.1) is 18.0 Å². The molecule has 44 heavy (non-hydrogen) atoms. The number of anilines is 2. The van der Waals surface area contributed by atoms with E-state index in [1.54, 1.807) is 52.8 Å². The summed E-state index contributed by atoms with van der Waals surface area (Å²) in [4.78, 5) is 21.4. The van der Waals surface area contributed by atoms with Gasteiger partial charge < -0.3 is 36.1 Å². The van der Waals surface area contributed by atoms with Crippen molar-refractivity contribution in [2.75, 3.05) is 18.1 Å². The maximum Gasteiger partial charge on any atom is 0.408 e. The summed E-state index contributed by atoms with van der Waals surface area (Å²) < 4.78 is 58.9. The minimum atomic E-state index is -1.63. The van der Waals surface area contributed by atoms with Crippen molar-refractivity contribution >= 4 is 23.4 Å². The first-order valence-corrected chi connectivity index (χ1v) is 13.6. The van der Waals surface area contributed by atoms with Gasteiger partial charge in [0.15, 0.2) is 29.0 Å². The zero-order valence-electron chi connectivity index (χ0n) is 24.8. The summed E-state index contributed by atoms with van der Waals surface area (Å²) in [5.74, 6) is -3.48. The van der Waals surface area contributed by atoms with Gasteiger partial charge in [-0.3, -0.25) is 0 Å². The predicted molar refractivity (Wildman–Crippen MR) is 160 cm³/mol. The minimum Gasteiger partial charge on any atom is -0.488 e. The topological polar surface area (TPSA) is 162 Å². The van der Waals surface area contributed by atoms with Gasteiger partial charge in [0.2, 0.25) is 0 Å². The lowest BCUT2D eigenvalue weighted by Crippen LogP contribution is -2.43. The molecule has 0 saturated heterocycles. The van der Waals surface area contributed by atoms with Crippen LogP contribution in [0.15, 0.2) is 47.2 Å². The monoisotopic (exact) mass is 610 g/mol. The molecule has 0 unspecified atom stereocenters. The fourth-order valence-corrected chi connectivity index (χ4v) is 4.41. The van der Waals surface area contributed by atoms with Crippen LogP contribution in [0.4, 0.5) is 29.6 Å². The second-order valence-electron chi connectivity index (χ2n) is 11.1. The second-order valence-corrected chi connectivity index (χ2v) is 11.1. The number of aryl methyl sites for hydroxylation is 1. The Bertz CT molecular complexity index is 1720. The number of nitrogens with two attached hydrogens (primary N) is 2. The first kappa shape index (κ1) is 31.9. The fourth-order valence-electron chi connectivity index (χ4n) is 4.41. The summed E-state index contributed by atoms with van der Waals surface area (Å²) >= 11 is 0. The summed E-state index contributed by atoms with van der Waals surface area (Å²) in [6, 6.07) is 5.96. The molecule has 4 rings (SSSR count). The van der Waals surface area contributed by atoms with Crippen LogP contribution < -0.4 is 21.5 Å². The highest BCUT2D eigenvalue weighted by molar-refractivity contribution is 6.01. The summed E-state index contributed by atoms with van der Waals surface area (Å²) in [7, 11) is 0. The number of carbonyl (C=O) groups excluding carboxylic acids is 1. The van der Waals surface area contributed by atoms with E-state index in [9.17, 15) is 18.0 Å². The Kier molecular flexibility index (Phi) is 9.16. The van der Waals surface area contributed by atoms with E-state index in [2.05, 4.69) is 15.3 Å². The molecule has 0 aliphatic rings. The van der Waals surface area contributed by atoms with Crippen molar-refractivity contribution < 1.29 is 31.9 Å². The maximum absolute atomic E-state index is 14.6. The molecular weight excluding hydrogens is 577 g/mol. The number of aromatic nitrogens is 2. The Hall–Kier alpha value is -5.07. The molecule has 4 aromatic rings. The number of carbonyl (C=O) groups is 1. The predicted octanol–water partition coefficient (Wildman–Crippen LogP) is 6.20. The highest BCUT2D eigenvalue weighted by Gasteiger charge is 2.24. The number of rotatable bonds is 9. The molecule has 3 aromatic heterocycles. The largest absolute Gasteiger partial charge is 0.488 e. The van der Waals surface area contributed by atoms with E-state index in [0.29, 0.717) is 33.7 Å². The third-order valence-corrected chi connectivity index (χ3v) is 6.51. The number of hydrogen-bond acceptors (Lipinski definition) is 9. The van der Waals surface area contributed by atoms with Crippen molar-refractivity contribution in [1.82, 2.24) is 15.3 Å². The summed E-state index contributed by atoms with van der Waals surface area (Å²) in [5, 5.41) is 10.7. The van der Waals surface area contributed by atoms with E-state index in [1.807, 2.05) is 0 Å². The van der Waals surface area contributed by atoms with Gasteiger partial charge in [-0.15, -0.1) is 0 Å². The van der Waals surface area contributed by atoms with Crippen LogP contribution in [-0.2, 0) is 11.2 Å². The fraction of sp³-hybridized carbons (Fsp3) is 0.290. The zero-order chi connectivity index (χ0) is 32.3. The molecule has 0 aliphatic carbocycles. The molecule has 0 saturated carbocycles. The number of nitrogens with one attached hydrogen (secondary N) is 2. The number of furan rings is 1. The van der Waals surface area contributed by atoms with E-state index in [0.717, 1.165) is 12.1 Å². The molecule has 0 fully saturated rings. The first-order chi connectivity index (χ1) is 20.6. The lowest BCUT2D eigenvalue weighted by molar-refractivity contribution is 0.0487. The molecule has 1 atom stereocenters. The lowest BCUT2D eigenvalue weighted by Gasteiger charge is -2.24. The maximum atomic E-state index is 14.6. The molecule has 10 nitrogen and oxygen atoms in total. The van der Waals surface area contributed by atoms with Gasteiger partial charge in [-0.05, 0) is 70.9 Å². The van der Waals surface area contributed by atoms with Crippen molar-refractivity contribution in [2.45, 2.75) is 52.7 Å². The van der Waals surface area contributed by atoms with Gasteiger partial charge >= 0.3 is 6.09 Å². The van der Waals surface area contributed by atoms with Crippen LogP contribution in [0, 0.1) is 29.8 Å². The van der Waals surface area contributed by atoms with E-state index in [-0.39, 0.29) is 41.7 Å². The third-order valence-electron chi connectivity index (χ3n) is 6.51. The molecule has 0 radical (unpaired) electrons. The first-order valence-electron chi connectivity index (χ1n) is 13.6. The van der Waals surface area contributed by atoms with Crippen molar-refractivity contribution in [3.05, 3.63) is 77.1 Å². The number of ether oxygens (including phenoxy) is 2. The standard InChI is InChI=1S/C31H33F3N6O4/c1-15(35)21-11-18(13-38-28(21)36)22-12-24(29(37)40-27(22)20-8-9-42-16(20)2)43-14-19(39-30(41)44-31(3,4)5)10-17-6-7-23(32)26(34)25(17)33/h6-9,11-13,19,35H,10,14H2,1-5H3,(H2,36,38)(H2,37,40)(H,39,41)/t19-/m0/s1. The Morgan fingerprint density at radius 2 is 1.82 bits per heavy atom. The highest BCUT2D eigenvalue weighted by atomic mass is 19.2. The van der Waals surface area contributed by atoms with Crippen LogP contribution in [0.1, 0.15) is 44.6 Å². The number of nitrogen functional groups attached to an aromatic ring is 2. The average Bonchev–Trinajstić information content (AvgIpc) is 3.37. The van der Waals surface area contributed by atoms with Gasteiger partial charge in [0, 0.05) is 34.2 Å². The normalized spacial score (nSPS) is 12.1. The van der Waals surface area contributed by atoms with Gasteiger partial charge in [-0.1, -0.05) is 6.07 Å². The van der Waals surface area contributed by atoms with Gasteiger partial charge in [-0.25, -0.2) is 27.9 Å². The summed E-state index contributed by atoms with van der Waals surface area (Å²) in [5.41, 5.74) is 14.1. The smallest absolute Gasteiger partial charge is 0.408 e. The van der Waals surface area contributed by atoms with Crippen LogP contribution in [-0.4, -0.2) is 40.0 Å². The van der Waals surface area contributed by atoms with Crippen LogP contribution in [0.5, 0.6) is 5.75 Å². The summed E-state index contributed by atoms with van der Waals surface area (Å²) in [6.45, 7) is 8.07. The molecule has 232 valence electrons. The Balaban J connectivity index is 1.72. The zero-order valence-corrected chi connectivity index (χ0v) is 24.8. The summed E-state index contributed by atoms with van der Waals surface area (Å²) in [6.07, 6.45) is 1.94. The number of pyridine rings is 2. The van der Waals surface area contributed by atoms with Crippen molar-refractivity contribution in [3.63, 3.8) is 0 Å². The molecule has 6 N–H and O–H groups in total. The Morgan fingerprint density at radius 1 is 1.09 bits per heavy atom. The lowest BCUT2D eigenvalue weighted by atomic mass is 9.98. The average molecular weight is 611 g/mol. The molecular formula is C31H33F3N6O4. The molecule has 1 aromatic carbocycles. The SMILES string of the molecule is CC(=N)c1cc(-c2cc(OC[C@H](Cc3ccc(F)c(F)c3F)NC(=O)OC(C)(C)C)c(N)nc2-c2ccoc2C)cnc1N. The molecule has 0 spiro atoms. The third kappa shape index (κ3) is 7.28. The van der Waals surface area contributed by atoms with Crippen LogP contribution >= 0.6 is 0 Å². The number of nitrogens with zero attached hydrogens (tertiary/aromatic N) is 2. The van der Waals surface area contributed by atoms with E-state index in [4.69, 9.17) is 30.8 Å². The molecule has 0 bridgehead atoms. The quantitative estimate of drug-likeness (QED) is 0.129. The highest BCUT2D eigenvalue weighted by Crippen LogP contribution is 2.38. The molecule has 1 amide bonds. The number of amides is 1. The van der Waals surface area contributed by atoms with Crippen molar-refractivity contribution in [2.24, 2.45) is 0 Å². The van der Waals surface area contributed by atoms with E-state index >= 15 is 0 Å². The van der Waals surface area contributed by atoms with Crippen LogP contribution in [0.3, 0.4) is 0 Å². The van der Waals surface area contributed by atoms with Crippen molar-refractivity contribution in [1.29, 1.82) is 5.41 Å². The number of hydrogen-bond donors (Lipinski definition) is 4. The molecule has 13 heteroatoms. The number of alkyl carbamates (subject to hydrolysis) is 1. The molecule has 3 heterocycles. The Labute approximate surface area is 252 Å². The van der Waals surface area contributed by atoms with Gasteiger partial charge in [-0.2, -0.15) is 0 Å². The Morgan fingerprint density at radius 3 is 2.45 bits per heavy atom. The van der Waals surface area contributed by atoms with Gasteiger partial charge in [0.1, 0.15) is 23.8 Å². The van der Waals surface area contributed by atoms with Crippen molar-refractivity contribution in [3.8, 4) is 28.1 Å². The number of halogens is 3.